The van der Waals surface area contributed by atoms with Crippen LogP contribution in [-0.4, -0.2) is 45.6 Å². The number of aromatic carboxylic acids is 1. The molecule has 0 radical (unpaired) electrons. The number of ether oxygens (including phenoxy) is 1. The van der Waals surface area contributed by atoms with Crippen LogP contribution in [0.1, 0.15) is 53.6 Å². The van der Waals surface area contributed by atoms with Gasteiger partial charge in [0.05, 0.1) is 22.8 Å². The van der Waals surface area contributed by atoms with Crippen molar-refractivity contribution < 1.29 is 19.0 Å². The number of fused-ring (bicyclic) bond motifs is 2. The fourth-order valence-corrected chi connectivity index (χ4v) is 6.85. The van der Waals surface area contributed by atoms with Crippen LogP contribution >= 0.6 is 27.5 Å². The third-order valence-corrected chi connectivity index (χ3v) is 8.97. The number of carbonyl (C=O) groups is 1. The monoisotopic (exact) mass is 682 g/mol. The molecule has 5 rings (SSSR count). The molecule has 0 saturated carbocycles. The van der Waals surface area contributed by atoms with Gasteiger partial charge in [-0.2, -0.15) is 5.10 Å². The minimum Gasteiger partial charge on any atom is -0.493 e. The average molecular weight is 684 g/mol. The van der Waals surface area contributed by atoms with Crippen LogP contribution in [0.4, 0.5) is 4.39 Å². The van der Waals surface area contributed by atoms with E-state index < -0.39 is 5.97 Å². The van der Waals surface area contributed by atoms with E-state index in [2.05, 4.69) is 28.2 Å². The van der Waals surface area contributed by atoms with Gasteiger partial charge in [0.25, 0.3) is 0 Å². The maximum atomic E-state index is 13.7. The average Bonchev–Trinajstić information content (AvgIpc) is 3.50. The highest BCUT2D eigenvalue weighted by atomic mass is 79.9. The largest absolute Gasteiger partial charge is 0.493 e. The topological polar surface area (TPSA) is 81.3 Å². The fourth-order valence-electron chi connectivity index (χ4n) is 6.21. The molecule has 0 spiro atoms. The van der Waals surface area contributed by atoms with Gasteiger partial charge in [0.15, 0.2) is 0 Å². The first-order chi connectivity index (χ1) is 21.3. The number of aromatic nitrogens is 3. The highest BCUT2D eigenvalue weighted by Crippen LogP contribution is 2.43. The molecule has 0 saturated heterocycles. The number of benzene rings is 3. The number of aryl methyl sites for hydroxylation is 3. The molecule has 2 heterocycles. The Bertz CT molecular complexity index is 1820. The van der Waals surface area contributed by atoms with Crippen LogP contribution in [0.3, 0.4) is 0 Å². The summed E-state index contributed by atoms with van der Waals surface area (Å²) in [5.74, 6) is -0.585. The summed E-state index contributed by atoms with van der Waals surface area (Å²) in [4.78, 5) is 13.0. The van der Waals surface area contributed by atoms with Crippen molar-refractivity contribution in [2.45, 2.75) is 50.9 Å². The molecule has 2 N–H and O–H groups in total. The van der Waals surface area contributed by atoms with Crippen LogP contribution in [0.5, 0.6) is 5.75 Å². The van der Waals surface area contributed by atoms with Gasteiger partial charge in [-0.3, -0.25) is 4.68 Å². The quantitative estimate of drug-likeness (QED) is 0.0912. The first kappa shape index (κ1) is 32.0. The van der Waals surface area contributed by atoms with E-state index in [1.54, 1.807) is 6.07 Å². The van der Waals surface area contributed by atoms with Crippen molar-refractivity contribution in [2.24, 2.45) is 7.05 Å². The van der Waals surface area contributed by atoms with Crippen molar-refractivity contribution in [1.82, 2.24) is 19.7 Å². The lowest BCUT2D eigenvalue weighted by atomic mass is 9.97. The number of halogens is 3. The van der Waals surface area contributed by atoms with Crippen LogP contribution in [0.15, 0.2) is 48.5 Å². The summed E-state index contributed by atoms with van der Waals surface area (Å²) >= 11 is 10.6. The number of carboxylic acids is 1. The zero-order valence-electron chi connectivity index (χ0n) is 25.2. The Morgan fingerprint density at radius 1 is 1.11 bits per heavy atom. The predicted molar refractivity (Wildman–Crippen MR) is 179 cm³/mol. The van der Waals surface area contributed by atoms with E-state index in [1.807, 2.05) is 53.7 Å². The number of rotatable bonds is 14. The second kappa shape index (κ2) is 14.1. The molecule has 0 atom stereocenters. The Labute approximate surface area is 270 Å². The Morgan fingerprint density at radius 2 is 1.91 bits per heavy atom. The van der Waals surface area contributed by atoms with E-state index in [0.29, 0.717) is 42.1 Å². The minimum atomic E-state index is -0.966. The van der Waals surface area contributed by atoms with Crippen LogP contribution in [-0.2, 0) is 31.8 Å². The van der Waals surface area contributed by atoms with Gasteiger partial charge in [-0.1, -0.05) is 52.7 Å². The lowest BCUT2D eigenvalue weighted by molar-refractivity contribution is 0.0684. The molecule has 5 aromatic rings. The van der Waals surface area contributed by atoms with Crippen LogP contribution in [0.2, 0.25) is 5.02 Å². The van der Waals surface area contributed by atoms with E-state index >= 15 is 0 Å². The Balaban J connectivity index is 1.58. The molecular formula is C34H37BrClFN4O3. The summed E-state index contributed by atoms with van der Waals surface area (Å²) in [6.45, 7) is 3.85. The van der Waals surface area contributed by atoms with Gasteiger partial charge in [-0.25, -0.2) is 9.18 Å². The van der Waals surface area contributed by atoms with Crippen LogP contribution in [0, 0.1) is 5.82 Å². The van der Waals surface area contributed by atoms with Crippen molar-refractivity contribution in [1.29, 1.82) is 0 Å². The third-order valence-electron chi connectivity index (χ3n) is 8.12. The molecular weight excluding hydrogens is 647 g/mol. The highest BCUT2D eigenvalue weighted by molar-refractivity contribution is 9.08. The molecule has 44 heavy (non-hydrogen) atoms. The third kappa shape index (κ3) is 6.23. The maximum Gasteiger partial charge on any atom is 0.352 e. The van der Waals surface area contributed by atoms with Gasteiger partial charge in [0, 0.05) is 46.5 Å². The molecule has 0 amide bonds. The molecule has 0 fully saturated rings. The van der Waals surface area contributed by atoms with E-state index in [9.17, 15) is 14.3 Å². The molecule has 2 aromatic heterocycles. The van der Waals surface area contributed by atoms with Crippen molar-refractivity contribution in [2.75, 3.05) is 20.2 Å². The SMILES string of the molecule is CCc1c(-c2c(Cl)ccc3c(CCCOc4cccc5cc(F)ccc45)c(C(=O)O)n(CCCCNC)c23)c(CBr)nn1C. The van der Waals surface area contributed by atoms with Crippen molar-refractivity contribution in [3.63, 3.8) is 0 Å². The minimum absolute atomic E-state index is 0.288. The lowest BCUT2D eigenvalue weighted by Crippen LogP contribution is -2.13. The number of nitrogens with zero attached hydrogens (tertiary/aromatic N) is 3. The smallest absolute Gasteiger partial charge is 0.352 e. The molecule has 0 unspecified atom stereocenters. The van der Waals surface area contributed by atoms with Gasteiger partial charge >= 0.3 is 5.97 Å². The fraction of sp³-hybridized carbons (Fsp3) is 0.353. The molecule has 0 aliphatic heterocycles. The van der Waals surface area contributed by atoms with Crippen molar-refractivity contribution in [3.8, 4) is 16.9 Å². The van der Waals surface area contributed by atoms with Crippen molar-refractivity contribution in [3.05, 3.63) is 82.0 Å². The normalized spacial score (nSPS) is 11.6. The first-order valence-corrected chi connectivity index (χ1v) is 16.4. The van der Waals surface area contributed by atoms with Gasteiger partial charge in [0.2, 0.25) is 0 Å². The number of hydrogen-bond donors (Lipinski definition) is 2. The zero-order valence-corrected chi connectivity index (χ0v) is 27.6. The summed E-state index contributed by atoms with van der Waals surface area (Å²) < 4.78 is 23.7. The number of nitrogens with one attached hydrogen (secondary N) is 1. The maximum absolute atomic E-state index is 13.7. The molecule has 0 bridgehead atoms. The number of unbranched alkanes of at least 4 members (excludes halogenated alkanes) is 1. The van der Waals surface area contributed by atoms with Gasteiger partial charge < -0.3 is 19.7 Å². The lowest BCUT2D eigenvalue weighted by Gasteiger charge is -2.14. The summed E-state index contributed by atoms with van der Waals surface area (Å²) in [6.07, 6.45) is 3.55. The zero-order chi connectivity index (χ0) is 31.4. The van der Waals surface area contributed by atoms with E-state index in [-0.39, 0.29) is 11.5 Å². The second-order valence-corrected chi connectivity index (χ2v) is 11.8. The van der Waals surface area contributed by atoms with E-state index in [0.717, 1.165) is 75.6 Å². The van der Waals surface area contributed by atoms with E-state index in [1.165, 1.54) is 12.1 Å². The van der Waals surface area contributed by atoms with E-state index in [4.69, 9.17) is 21.4 Å². The number of hydrogen-bond acceptors (Lipinski definition) is 4. The molecule has 0 aliphatic rings. The highest BCUT2D eigenvalue weighted by Gasteiger charge is 2.28. The number of carboxylic acid groups (broad SMARTS) is 1. The standard InChI is InChI=1S/C34H37BrClFN4O3/c1-4-28-31(27(20-35)39-40(28)3)30-26(36)15-14-25-24(33(34(42)43)41(32(25)30)17-6-5-16-38-2)10-8-18-44-29-11-7-9-21-19-22(37)12-13-23(21)29/h7,9,11-15,19,38H,4-6,8,10,16-18,20H2,1-3H3,(H,42,43). The summed E-state index contributed by atoms with van der Waals surface area (Å²) in [6, 6.07) is 14.0. The second-order valence-electron chi connectivity index (χ2n) is 10.9. The first-order valence-electron chi connectivity index (χ1n) is 14.9. The van der Waals surface area contributed by atoms with Gasteiger partial charge in [0.1, 0.15) is 17.3 Å². The Kier molecular flexibility index (Phi) is 10.3. The van der Waals surface area contributed by atoms with Crippen LogP contribution in [0.25, 0.3) is 32.8 Å². The predicted octanol–water partition coefficient (Wildman–Crippen LogP) is 8.15. The molecule has 10 heteroatoms. The molecule has 3 aromatic carbocycles. The van der Waals surface area contributed by atoms with Crippen molar-refractivity contribution >= 4 is 55.2 Å². The Morgan fingerprint density at radius 3 is 2.64 bits per heavy atom. The number of alkyl halides is 1. The van der Waals surface area contributed by atoms with Crippen LogP contribution < -0.4 is 10.1 Å². The summed E-state index contributed by atoms with van der Waals surface area (Å²) in [5, 5.41) is 22.1. The molecule has 232 valence electrons. The van der Waals surface area contributed by atoms with Gasteiger partial charge in [-0.15, -0.1) is 0 Å². The Hall–Kier alpha value is -3.40. The molecule has 0 aliphatic carbocycles. The summed E-state index contributed by atoms with van der Waals surface area (Å²) in [7, 11) is 3.85. The van der Waals surface area contributed by atoms with Gasteiger partial charge in [-0.05, 0) is 87.0 Å². The summed E-state index contributed by atoms with van der Waals surface area (Å²) in [5.41, 5.74) is 5.57. The molecule has 7 nitrogen and oxygen atoms in total.